The third-order valence-corrected chi connectivity index (χ3v) is 2.59. The number of hydrogen-bond acceptors (Lipinski definition) is 1. The second-order valence-electron chi connectivity index (χ2n) is 3.71. The van der Waals surface area contributed by atoms with Crippen LogP contribution in [0.4, 0.5) is 0 Å². The minimum Gasteiger partial charge on any atom is -0.361 e. The van der Waals surface area contributed by atoms with Crippen molar-refractivity contribution >= 4 is 10.9 Å². The van der Waals surface area contributed by atoms with Crippen molar-refractivity contribution in [3.05, 3.63) is 36.0 Å². The van der Waals surface area contributed by atoms with Gasteiger partial charge in [-0.25, -0.2) is 0 Å². The molecule has 1 heterocycles. The van der Waals surface area contributed by atoms with Crippen molar-refractivity contribution in [3.63, 3.8) is 0 Å². The number of benzene rings is 1. The van der Waals surface area contributed by atoms with E-state index in [0.717, 1.165) is 19.5 Å². The van der Waals surface area contributed by atoms with Crippen molar-refractivity contribution < 1.29 is 0 Å². The molecule has 0 saturated carbocycles. The fourth-order valence-corrected chi connectivity index (χ4v) is 1.80. The summed E-state index contributed by atoms with van der Waals surface area (Å²) >= 11 is 0. The van der Waals surface area contributed by atoms with Crippen LogP contribution in [-0.2, 0) is 6.54 Å². The highest BCUT2D eigenvalue weighted by atomic mass is 14.8. The molecule has 2 rings (SSSR count). The van der Waals surface area contributed by atoms with Crippen LogP contribution in [0.15, 0.2) is 30.5 Å². The summed E-state index contributed by atoms with van der Waals surface area (Å²) in [7, 11) is 0. The lowest BCUT2D eigenvalue weighted by atomic mass is 10.1. The Hall–Kier alpha value is -1.72. The molecule has 1 aromatic carbocycles. The van der Waals surface area contributed by atoms with Crippen molar-refractivity contribution in [3.8, 4) is 11.8 Å². The summed E-state index contributed by atoms with van der Waals surface area (Å²) in [6.07, 6.45) is 2.90. The van der Waals surface area contributed by atoms with Crippen LogP contribution in [0, 0.1) is 11.8 Å². The van der Waals surface area contributed by atoms with E-state index in [-0.39, 0.29) is 0 Å². The van der Waals surface area contributed by atoms with Gasteiger partial charge in [-0.3, -0.25) is 0 Å². The third-order valence-electron chi connectivity index (χ3n) is 2.59. The van der Waals surface area contributed by atoms with Crippen LogP contribution < -0.4 is 5.32 Å². The van der Waals surface area contributed by atoms with Crippen molar-refractivity contribution in [2.45, 2.75) is 19.9 Å². The SMILES string of the molecule is CC#CCCNCc1cccc2cc[nH]c12. The third kappa shape index (κ3) is 2.44. The molecule has 0 radical (unpaired) electrons. The second-order valence-corrected chi connectivity index (χ2v) is 3.71. The van der Waals surface area contributed by atoms with Gasteiger partial charge in [0.2, 0.25) is 0 Å². The fourth-order valence-electron chi connectivity index (χ4n) is 1.80. The molecule has 2 heteroatoms. The van der Waals surface area contributed by atoms with Crippen LogP contribution in [0.1, 0.15) is 18.9 Å². The standard InChI is InChI=1S/C14H16N2/c1-2-3-4-9-15-11-13-7-5-6-12-8-10-16-14(12)13/h5-8,10,15-16H,4,9,11H2,1H3. The van der Waals surface area contributed by atoms with E-state index >= 15 is 0 Å². The number of aromatic nitrogens is 1. The molecule has 16 heavy (non-hydrogen) atoms. The molecule has 0 aliphatic rings. The Balaban J connectivity index is 1.97. The van der Waals surface area contributed by atoms with Gasteiger partial charge in [-0.15, -0.1) is 11.8 Å². The van der Waals surface area contributed by atoms with Crippen LogP contribution in [0.3, 0.4) is 0 Å². The molecule has 0 atom stereocenters. The normalized spacial score (nSPS) is 10.1. The number of H-pyrrole nitrogens is 1. The number of aromatic amines is 1. The van der Waals surface area contributed by atoms with E-state index in [1.165, 1.54) is 16.5 Å². The van der Waals surface area contributed by atoms with Crippen LogP contribution in [0.25, 0.3) is 10.9 Å². The highest BCUT2D eigenvalue weighted by molar-refractivity contribution is 5.82. The molecule has 1 aromatic heterocycles. The van der Waals surface area contributed by atoms with Crippen LogP contribution in [0.5, 0.6) is 0 Å². The summed E-state index contributed by atoms with van der Waals surface area (Å²) in [6, 6.07) is 8.47. The van der Waals surface area contributed by atoms with Gasteiger partial charge >= 0.3 is 0 Å². The lowest BCUT2D eigenvalue weighted by molar-refractivity contribution is 0.703. The Morgan fingerprint density at radius 1 is 1.31 bits per heavy atom. The summed E-state index contributed by atoms with van der Waals surface area (Å²) < 4.78 is 0. The average molecular weight is 212 g/mol. The molecule has 0 unspecified atom stereocenters. The van der Waals surface area contributed by atoms with Gasteiger partial charge in [-0.1, -0.05) is 18.2 Å². The molecule has 0 amide bonds. The molecule has 0 aliphatic heterocycles. The van der Waals surface area contributed by atoms with Crippen molar-refractivity contribution in [1.29, 1.82) is 0 Å². The summed E-state index contributed by atoms with van der Waals surface area (Å²) in [5.74, 6) is 5.94. The second kappa shape index (κ2) is 5.39. The molecule has 0 bridgehead atoms. The highest BCUT2D eigenvalue weighted by Gasteiger charge is 2.00. The first-order chi connectivity index (χ1) is 7.92. The molecule has 0 fully saturated rings. The smallest absolute Gasteiger partial charge is 0.0499 e. The minimum atomic E-state index is 0.892. The predicted octanol–water partition coefficient (Wildman–Crippen LogP) is 2.67. The van der Waals surface area contributed by atoms with E-state index in [4.69, 9.17) is 0 Å². The first kappa shape index (κ1) is 10.8. The molecular formula is C14H16N2. The topological polar surface area (TPSA) is 27.8 Å². The van der Waals surface area contributed by atoms with E-state index < -0.39 is 0 Å². The number of para-hydroxylation sites is 1. The monoisotopic (exact) mass is 212 g/mol. The van der Waals surface area contributed by atoms with E-state index in [1.54, 1.807) is 0 Å². The van der Waals surface area contributed by atoms with Gasteiger partial charge in [0.25, 0.3) is 0 Å². The summed E-state index contributed by atoms with van der Waals surface area (Å²) in [6.45, 7) is 3.71. The Labute approximate surface area is 96.1 Å². The van der Waals surface area contributed by atoms with Crippen molar-refractivity contribution in [2.24, 2.45) is 0 Å². The Bertz CT molecular complexity index is 514. The van der Waals surface area contributed by atoms with E-state index in [9.17, 15) is 0 Å². The molecule has 0 aliphatic carbocycles. The number of rotatable bonds is 4. The van der Waals surface area contributed by atoms with Crippen molar-refractivity contribution in [1.82, 2.24) is 10.3 Å². The zero-order valence-corrected chi connectivity index (χ0v) is 9.51. The lowest BCUT2D eigenvalue weighted by Gasteiger charge is -2.04. The van der Waals surface area contributed by atoms with Crippen LogP contribution >= 0.6 is 0 Å². The van der Waals surface area contributed by atoms with Crippen LogP contribution in [-0.4, -0.2) is 11.5 Å². The van der Waals surface area contributed by atoms with Gasteiger partial charge in [0.05, 0.1) is 0 Å². The van der Waals surface area contributed by atoms with Crippen molar-refractivity contribution in [2.75, 3.05) is 6.54 Å². The first-order valence-corrected chi connectivity index (χ1v) is 5.57. The lowest BCUT2D eigenvalue weighted by Crippen LogP contribution is -2.14. The van der Waals surface area contributed by atoms with Gasteiger partial charge in [0, 0.05) is 31.2 Å². The Kier molecular flexibility index (Phi) is 3.63. The number of hydrogen-bond donors (Lipinski definition) is 2. The maximum absolute atomic E-state index is 3.40. The molecule has 2 N–H and O–H groups in total. The van der Waals surface area contributed by atoms with Gasteiger partial charge in [-0.2, -0.15) is 0 Å². The fraction of sp³-hybridized carbons (Fsp3) is 0.286. The van der Waals surface area contributed by atoms with E-state index in [1.807, 2.05) is 13.1 Å². The molecule has 0 spiro atoms. The van der Waals surface area contributed by atoms with Crippen LogP contribution in [0.2, 0.25) is 0 Å². The Morgan fingerprint density at radius 3 is 3.12 bits per heavy atom. The predicted molar refractivity (Wildman–Crippen MR) is 68.1 cm³/mol. The molecular weight excluding hydrogens is 196 g/mol. The van der Waals surface area contributed by atoms with E-state index in [0.29, 0.717) is 0 Å². The zero-order chi connectivity index (χ0) is 11.2. The van der Waals surface area contributed by atoms with Gasteiger partial charge in [0.1, 0.15) is 0 Å². The zero-order valence-electron chi connectivity index (χ0n) is 9.51. The van der Waals surface area contributed by atoms with Gasteiger partial charge in [0.15, 0.2) is 0 Å². The molecule has 82 valence electrons. The molecule has 2 nitrogen and oxygen atoms in total. The van der Waals surface area contributed by atoms with Gasteiger partial charge in [-0.05, 0) is 23.9 Å². The maximum Gasteiger partial charge on any atom is 0.0499 e. The summed E-state index contributed by atoms with van der Waals surface area (Å²) in [4.78, 5) is 3.27. The van der Waals surface area contributed by atoms with Gasteiger partial charge < -0.3 is 10.3 Å². The number of nitrogens with one attached hydrogen (secondary N) is 2. The average Bonchev–Trinajstić information content (AvgIpc) is 2.77. The Morgan fingerprint density at radius 2 is 2.25 bits per heavy atom. The maximum atomic E-state index is 3.40. The molecule has 0 saturated heterocycles. The summed E-state index contributed by atoms with van der Waals surface area (Å²) in [5.41, 5.74) is 2.54. The molecule has 2 aromatic rings. The first-order valence-electron chi connectivity index (χ1n) is 5.57. The largest absolute Gasteiger partial charge is 0.361 e. The van der Waals surface area contributed by atoms with E-state index in [2.05, 4.69) is 46.4 Å². The highest BCUT2D eigenvalue weighted by Crippen LogP contribution is 2.16. The minimum absolute atomic E-state index is 0.892. The quantitative estimate of drug-likeness (QED) is 0.592. The summed E-state index contributed by atoms with van der Waals surface area (Å²) in [5, 5.41) is 4.67. The number of fused-ring (bicyclic) bond motifs is 1.